The Morgan fingerprint density at radius 1 is 0.857 bits per heavy atom. The van der Waals surface area contributed by atoms with Gasteiger partial charge in [0, 0.05) is 19.6 Å². The lowest BCUT2D eigenvalue weighted by molar-refractivity contribution is -0.137. The second-order valence-electron chi connectivity index (χ2n) is 3.98. The van der Waals surface area contributed by atoms with Crippen LogP contribution in [0, 0.1) is 0 Å². The lowest BCUT2D eigenvalue weighted by atomic mass is 10.4. The number of anilines is 3. The number of carboxylic acid groups (broad SMARTS) is 2. The molecule has 0 unspecified atom stereocenters. The van der Waals surface area contributed by atoms with Gasteiger partial charge in [0.05, 0.1) is 12.8 Å². The molecule has 21 heavy (non-hydrogen) atoms. The van der Waals surface area contributed by atoms with Gasteiger partial charge in [-0.2, -0.15) is 15.0 Å². The number of nitrogens with zero attached hydrogens (tertiary/aromatic N) is 3. The summed E-state index contributed by atoms with van der Waals surface area (Å²) in [7, 11) is 0. The number of hydrogen-bond acceptors (Lipinski definition) is 8. The number of aliphatic carboxylic acids is 2. The molecule has 1 rings (SSSR count). The Morgan fingerprint density at radius 3 is 1.57 bits per heavy atom. The van der Waals surface area contributed by atoms with E-state index in [0.717, 1.165) is 0 Å². The molecule has 5 N–H and O–H groups in total. The van der Waals surface area contributed by atoms with Crippen molar-refractivity contribution in [1.29, 1.82) is 0 Å². The summed E-state index contributed by atoms with van der Waals surface area (Å²) in [5, 5.41) is 25.6. The minimum Gasteiger partial charge on any atom is -0.481 e. The van der Waals surface area contributed by atoms with Gasteiger partial charge in [0.2, 0.25) is 17.8 Å². The summed E-state index contributed by atoms with van der Waals surface area (Å²) in [6.45, 7) is 2.84. The number of aromatic nitrogens is 3. The van der Waals surface area contributed by atoms with E-state index in [1.807, 2.05) is 6.92 Å². The molecular formula is C11H18N6O4. The van der Waals surface area contributed by atoms with Crippen molar-refractivity contribution in [2.24, 2.45) is 0 Å². The summed E-state index contributed by atoms with van der Waals surface area (Å²) in [4.78, 5) is 33.1. The maximum atomic E-state index is 10.5. The van der Waals surface area contributed by atoms with Crippen LogP contribution in [0.1, 0.15) is 19.8 Å². The zero-order valence-electron chi connectivity index (χ0n) is 11.6. The van der Waals surface area contributed by atoms with Crippen molar-refractivity contribution in [3.05, 3.63) is 0 Å². The highest BCUT2D eigenvalue weighted by Gasteiger charge is 2.07. The highest BCUT2D eigenvalue weighted by molar-refractivity contribution is 5.67. The van der Waals surface area contributed by atoms with Gasteiger partial charge >= 0.3 is 11.9 Å². The van der Waals surface area contributed by atoms with Gasteiger partial charge in [-0.1, -0.05) is 0 Å². The molecule has 0 aromatic carbocycles. The first-order valence-corrected chi connectivity index (χ1v) is 6.42. The van der Waals surface area contributed by atoms with Crippen LogP contribution in [-0.2, 0) is 9.59 Å². The molecular weight excluding hydrogens is 280 g/mol. The van der Waals surface area contributed by atoms with Gasteiger partial charge in [-0.05, 0) is 6.92 Å². The summed E-state index contributed by atoms with van der Waals surface area (Å²) in [5.74, 6) is -1.09. The van der Waals surface area contributed by atoms with E-state index in [1.54, 1.807) is 0 Å². The molecule has 0 atom stereocenters. The smallest absolute Gasteiger partial charge is 0.305 e. The van der Waals surface area contributed by atoms with Crippen LogP contribution in [0.25, 0.3) is 0 Å². The van der Waals surface area contributed by atoms with E-state index >= 15 is 0 Å². The van der Waals surface area contributed by atoms with Crippen LogP contribution in [0.3, 0.4) is 0 Å². The van der Waals surface area contributed by atoms with Crippen molar-refractivity contribution in [1.82, 2.24) is 15.0 Å². The minimum atomic E-state index is -0.928. The van der Waals surface area contributed by atoms with Crippen molar-refractivity contribution in [2.45, 2.75) is 19.8 Å². The zero-order chi connectivity index (χ0) is 15.7. The number of rotatable bonds is 10. The maximum Gasteiger partial charge on any atom is 0.305 e. The molecule has 0 spiro atoms. The summed E-state index contributed by atoms with van der Waals surface area (Å²) in [6, 6.07) is 0. The molecule has 1 aromatic heterocycles. The van der Waals surface area contributed by atoms with Crippen molar-refractivity contribution in [3.8, 4) is 0 Å². The predicted molar refractivity (Wildman–Crippen MR) is 75.5 cm³/mol. The average Bonchev–Trinajstić information content (AvgIpc) is 2.38. The molecule has 0 amide bonds. The fourth-order valence-electron chi connectivity index (χ4n) is 1.33. The van der Waals surface area contributed by atoms with Crippen LogP contribution in [0.15, 0.2) is 0 Å². The Morgan fingerprint density at radius 2 is 1.24 bits per heavy atom. The Labute approximate surface area is 121 Å². The van der Waals surface area contributed by atoms with E-state index in [1.165, 1.54) is 0 Å². The van der Waals surface area contributed by atoms with E-state index in [-0.39, 0.29) is 37.8 Å². The van der Waals surface area contributed by atoms with Gasteiger partial charge in [0.1, 0.15) is 0 Å². The van der Waals surface area contributed by atoms with Crippen molar-refractivity contribution in [3.63, 3.8) is 0 Å². The fraction of sp³-hybridized carbons (Fsp3) is 0.545. The van der Waals surface area contributed by atoms with Crippen molar-refractivity contribution < 1.29 is 19.8 Å². The number of carbonyl (C=O) groups is 2. The highest BCUT2D eigenvalue weighted by atomic mass is 16.4. The normalized spacial score (nSPS) is 9.95. The minimum absolute atomic E-state index is 0.0655. The zero-order valence-corrected chi connectivity index (χ0v) is 11.6. The lowest BCUT2D eigenvalue weighted by Gasteiger charge is -2.09. The third-order valence-electron chi connectivity index (χ3n) is 2.21. The summed E-state index contributed by atoms with van der Waals surface area (Å²) >= 11 is 0. The van der Waals surface area contributed by atoms with Gasteiger partial charge < -0.3 is 26.2 Å². The van der Waals surface area contributed by atoms with E-state index in [2.05, 4.69) is 30.9 Å². The largest absolute Gasteiger partial charge is 0.481 e. The predicted octanol–water partition coefficient (Wildman–Crippen LogP) is 0.0766. The first-order chi connectivity index (χ1) is 10.0. The van der Waals surface area contributed by atoms with Crippen LogP contribution in [0.4, 0.5) is 17.8 Å². The van der Waals surface area contributed by atoms with Crippen LogP contribution >= 0.6 is 0 Å². The Kier molecular flexibility index (Phi) is 6.65. The second kappa shape index (κ2) is 8.51. The van der Waals surface area contributed by atoms with Gasteiger partial charge in [0.25, 0.3) is 0 Å². The topological polar surface area (TPSA) is 149 Å². The van der Waals surface area contributed by atoms with Crippen LogP contribution in [0.5, 0.6) is 0 Å². The maximum absolute atomic E-state index is 10.5. The van der Waals surface area contributed by atoms with E-state index in [9.17, 15) is 9.59 Å². The fourth-order valence-corrected chi connectivity index (χ4v) is 1.33. The quantitative estimate of drug-likeness (QED) is 0.401. The summed E-state index contributed by atoms with van der Waals surface area (Å²) in [6.07, 6.45) is -0.131. The van der Waals surface area contributed by atoms with Crippen LogP contribution < -0.4 is 16.0 Å². The number of hydrogen-bond donors (Lipinski definition) is 5. The van der Waals surface area contributed by atoms with Crippen LogP contribution in [-0.4, -0.2) is 56.7 Å². The molecule has 0 radical (unpaired) electrons. The molecule has 0 saturated carbocycles. The van der Waals surface area contributed by atoms with Gasteiger partial charge in [0.15, 0.2) is 0 Å². The highest BCUT2D eigenvalue weighted by Crippen LogP contribution is 2.09. The number of nitrogens with one attached hydrogen (secondary N) is 3. The molecule has 0 saturated heterocycles. The Balaban J connectivity index is 2.69. The van der Waals surface area contributed by atoms with E-state index < -0.39 is 11.9 Å². The summed E-state index contributed by atoms with van der Waals surface area (Å²) < 4.78 is 0. The van der Waals surface area contributed by atoms with Crippen molar-refractivity contribution in [2.75, 3.05) is 35.6 Å². The third kappa shape index (κ3) is 6.89. The van der Waals surface area contributed by atoms with Gasteiger partial charge in [-0.25, -0.2) is 0 Å². The molecule has 0 aliphatic heterocycles. The lowest BCUT2D eigenvalue weighted by Crippen LogP contribution is -2.15. The number of carboxylic acids is 2. The molecule has 116 valence electrons. The molecule has 1 aromatic rings. The monoisotopic (exact) mass is 298 g/mol. The molecule has 10 nitrogen and oxygen atoms in total. The van der Waals surface area contributed by atoms with Crippen molar-refractivity contribution >= 4 is 29.8 Å². The molecule has 1 heterocycles. The first-order valence-electron chi connectivity index (χ1n) is 6.42. The van der Waals surface area contributed by atoms with Gasteiger partial charge in [-0.3, -0.25) is 9.59 Å². The molecule has 0 aliphatic carbocycles. The van der Waals surface area contributed by atoms with Crippen LogP contribution in [0.2, 0.25) is 0 Å². The second-order valence-corrected chi connectivity index (χ2v) is 3.98. The third-order valence-corrected chi connectivity index (χ3v) is 2.21. The van der Waals surface area contributed by atoms with E-state index in [0.29, 0.717) is 12.5 Å². The standard InChI is InChI=1S/C11H18N6O4/c1-2-12-9-15-10(13-5-3-7(18)19)17-11(16-9)14-6-4-8(20)21/h2-6H2,1H3,(H,18,19)(H,20,21)(H3,12,13,14,15,16,17). The summed E-state index contributed by atoms with van der Waals surface area (Å²) in [5.41, 5.74) is 0. The first kappa shape index (κ1) is 16.4. The van der Waals surface area contributed by atoms with Gasteiger partial charge in [-0.15, -0.1) is 0 Å². The molecule has 0 fully saturated rings. The average molecular weight is 298 g/mol. The SMILES string of the molecule is CCNc1nc(NCCC(=O)O)nc(NCCC(=O)O)n1. The van der Waals surface area contributed by atoms with E-state index in [4.69, 9.17) is 10.2 Å². The molecule has 10 heteroatoms. The molecule has 0 bridgehead atoms. The Hall–Kier alpha value is -2.65. The molecule has 0 aliphatic rings. The Bertz CT molecular complexity index is 457.